The fourth-order valence-electron chi connectivity index (χ4n) is 4.35. The first-order chi connectivity index (χ1) is 18.1. The second kappa shape index (κ2) is 11.0. The van der Waals surface area contributed by atoms with E-state index in [0.717, 1.165) is 46.5 Å². The second-order valence-corrected chi connectivity index (χ2v) is 9.77. The van der Waals surface area contributed by atoms with E-state index in [4.69, 9.17) is 15.5 Å². The minimum atomic E-state index is -0.501. The molecule has 2 aromatic carbocycles. The van der Waals surface area contributed by atoms with Gasteiger partial charge in [-0.25, -0.2) is 14.8 Å². The second-order valence-electron chi connectivity index (χ2n) is 9.77. The van der Waals surface area contributed by atoms with Crippen LogP contribution in [0.3, 0.4) is 0 Å². The summed E-state index contributed by atoms with van der Waals surface area (Å²) in [5.74, 6) is -0.149. The van der Waals surface area contributed by atoms with E-state index in [1.807, 2.05) is 88.4 Å². The quantitative estimate of drug-likeness (QED) is 0.254. The number of esters is 1. The van der Waals surface area contributed by atoms with Gasteiger partial charge in [-0.05, 0) is 44.8 Å². The summed E-state index contributed by atoms with van der Waals surface area (Å²) in [5, 5.41) is 6.23. The number of ether oxygens (including phenoxy) is 1. The molecular weight excluding hydrogens is 480 g/mol. The van der Waals surface area contributed by atoms with Gasteiger partial charge in [0.15, 0.2) is 0 Å². The Hall–Kier alpha value is -4.31. The zero-order valence-corrected chi connectivity index (χ0v) is 23.1. The Labute approximate surface area is 223 Å². The van der Waals surface area contributed by atoms with E-state index < -0.39 is 5.97 Å². The van der Waals surface area contributed by atoms with Crippen molar-refractivity contribution in [1.82, 2.24) is 19.5 Å². The van der Waals surface area contributed by atoms with Crippen molar-refractivity contribution in [2.75, 3.05) is 76.4 Å². The van der Waals surface area contributed by atoms with Crippen molar-refractivity contribution < 1.29 is 9.53 Å². The lowest BCUT2D eigenvalue weighted by Gasteiger charge is -2.24. The molecule has 0 bridgehead atoms. The molecule has 38 heavy (non-hydrogen) atoms. The standard InChI is InChI=1S/C28H36N8O2/c1-18-14-25(35(6)13-12-33(2)3)22(29)15-23(18)31-28-30-16-20(27(37)38-7)26(32-28)21-17-36(34(4)5)24-11-9-8-10-19(21)24/h8-11,14-17H,12-13,29H2,1-7H3,(H,30,31,32). The smallest absolute Gasteiger partial charge is 0.341 e. The maximum absolute atomic E-state index is 12.7. The van der Waals surface area contributed by atoms with Crippen LogP contribution >= 0.6 is 0 Å². The fraction of sp³-hybridized carbons (Fsp3) is 0.321. The Morgan fingerprint density at radius 2 is 1.84 bits per heavy atom. The number of aryl methyl sites for hydroxylation is 1. The van der Waals surface area contributed by atoms with Crippen molar-refractivity contribution in [3.8, 4) is 11.3 Å². The summed E-state index contributed by atoms with van der Waals surface area (Å²) in [5.41, 5.74) is 12.4. The van der Waals surface area contributed by atoms with Gasteiger partial charge in [-0.1, -0.05) is 18.2 Å². The third kappa shape index (κ3) is 5.35. The van der Waals surface area contributed by atoms with Gasteiger partial charge in [0.2, 0.25) is 5.95 Å². The van der Waals surface area contributed by atoms with E-state index in [0.29, 0.717) is 17.3 Å². The Kier molecular flexibility index (Phi) is 7.72. The Morgan fingerprint density at radius 3 is 2.53 bits per heavy atom. The van der Waals surface area contributed by atoms with Crippen LogP contribution in [0.5, 0.6) is 0 Å². The summed E-state index contributed by atoms with van der Waals surface area (Å²) in [4.78, 5) is 26.2. The SMILES string of the molecule is COC(=O)c1cnc(Nc2cc(N)c(N(C)CCN(C)C)cc2C)nc1-c1cn(N(C)C)c2ccccc12. The number of nitrogens with zero attached hydrogens (tertiary/aromatic N) is 6. The van der Waals surface area contributed by atoms with Crippen LogP contribution in [-0.4, -0.2) is 81.0 Å². The van der Waals surface area contributed by atoms with Crippen molar-refractivity contribution in [3.63, 3.8) is 0 Å². The normalized spacial score (nSPS) is 11.2. The van der Waals surface area contributed by atoms with Gasteiger partial charge in [0.25, 0.3) is 0 Å². The molecule has 0 atom stereocenters. The number of benzene rings is 2. The van der Waals surface area contributed by atoms with Crippen LogP contribution in [0.25, 0.3) is 22.2 Å². The molecule has 2 aromatic heterocycles. The monoisotopic (exact) mass is 516 g/mol. The molecule has 4 rings (SSSR count). The molecule has 0 aliphatic carbocycles. The number of likely N-dealkylation sites (N-methyl/N-ethyl adjacent to an activating group) is 2. The third-order valence-corrected chi connectivity index (χ3v) is 6.49. The number of hydrogen-bond acceptors (Lipinski definition) is 9. The first-order valence-electron chi connectivity index (χ1n) is 12.4. The summed E-state index contributed by atoms with van der Waals surface area (Å²) in [6.07, 6.45) is 3.46. The molecule has 200 valence electrons. The number of nitrogen functional groups attached to an aromatic ring is 1. The first-order valence-corrected chi connectivity index (χ1v) is 12.4. The fourth-order valence-corrected chi connectivity index (χ4v) is 4.35. The minimum Gasteiger partial charge on any atom is -0.465 e. The van der Waals surface area contributed by atoms with E-state index >= 15 is 0 Å². The van der Waals surface area contributed by atoms with Gasteiger partial charge >= 0.3 is 5.97 Å². The van der Waals surface area contributed by atoms with E-state index in [-0.39, 0.29) is 5.56 Å². The number of hydrogen-bond donors (Lipinski definition) is 2. The molecule has 0 saturated carbocycles. The largest absolute Gasteiger partial charge is 0.465 e. The van der Waals surface area contributed by atoms with Crippen LogP contribution in [0.2, 0.25) is 0 Å². The van der Waals surface area contributed by atoms with Gasteiger partial charge in [0, 0.05) is 63.3 Å². The van der Waals surface area contributed by atoms with Crippen molar-refractivity contribution in [3.05, 3.63) is 59.9 Å². The maximum atomic E-state index is 12.7. The lowest BCUT2D eigenvalue weighted by Crippen LogP contribution is -2.29. The first kappa shape index (κ1) is 26.7. The molecule has 0 amide bonds. The summed E-state index contributed by atoms with van der Waals surface area (Å²) >= 11 is 0. The number of carbonyl (C=O) groups excluding carboxylic acids is 1. The highest BCUT2D eigenvalue weighted by Gasteiger charge is 2.22. The number of rotatable bonds is 9. The van der Waals surface area contributed by atoms with Crippen LogP contribution in [-0.2, 0) is 4.74 Å². The van der Waals surface area contributed by atoms with E-state index in [2.05, 4.69) is 26.2 Å². The molecule has 0 saturated heterocycles. The Morgan fingerprint density at radius 1 is 1.11 bits per heavy atom. The number of nitrogens with one attached hydrogen (secondary N) is 1. The number of fused-ring (bicyclic) bond motifs is 1. The maximum Gasteiger partial charge on any atom is 0.341 e. The van der Waals surface area contributed by atoms with Gasteiger partial charge in [0.05, 0.1) is 29.7 Å². The average molecular weight is 517 g/mol. The predicted molar refractivity (Wildman–Crippen MR) is 155 cm³/mol. The summed E-state index contributed by atoms with van der Waals surface area (Å²) in [6.45, 7) is 3.79. The van der Waals surface area contributed by atoms with Crippen molar-refractivity contribution >= 4 is 39.9 Å². The molecule has 4 aromatic rings. The number of nitrogens with two attached hydrogens (primary N) is 1. The van der Waals surface area contributed by atoms with Crippen molar-refractivity contribution in [1.29, 1.82) is 0 Å². The van der Waals surface area contributed by atoms with Crippen LogP contribution < -0.4 is 21.0 Å². The molecule has 2 heterocycles. The highest BCUT2D eigenvalue weighted by Crippen LogP contribution is 2.34. The molecule has 10 heteroatoms. The average Bonchev–Trinajstić information content (AvgIpc) is 3.28. The van der Waals surface area contributed by atoms with E-state index in [1.165, 1.54) is 13.3 Å². The predicted octanol–water partition coefficient (Wildman–Crippen LogP) is 3.71. The third-order valence-electron chi connectivity index (χ3n) is 6.49. The molecule has 10 nitrogen and oxygen atoms in total. The molecule has 0 unspecified atom stereocenters. The van der Waals surface area contributed by atoms with Gasteiger partial charge in [0.1, 0.15) is 5.56 Å². The summed E-state index contributed by atoms with van der Waals surface area (Å²) < 4.78 is 7.06. The van der Waals surface area contributed by atoms with Crippen LogP contribution in [0.1, 0.15) is 15.9 Å². The van der Waals surface area contributed by atoms with Gasteiger partial charge in [-0.2, -0.15) is 0 Å². The van der Waals surface area contributed by atoms with Crippen LogP contribution in [0, 0.1) is 6.92 Å². The minimum absolute atomic E-state index is 0.286. The molecule has 0 aliphatic heterocycles. The highest BCUT2D eigenvalue weighted by atomic mass is 16.5. The number of methoxy groups -OCH3 is 1. The van der Waals surface area contributed by atoms with Crippen LogP contribution in [0.15, 0.2) is 48.8 Å². The Bertz CT molecular complexity index is 1460. The number of para-hydroxylation sites is 1. The zero-order valence-electron chi connectivity index (χ0n) is 23.1. The van der Waals surface area contributed by atoms with Gasteiger partial charge in [-0.15, -0.1) is 0 Å². The molecule has 0 fully saturated rings. The van der Waals surface area contributed by atoms with E-state index in [1.54, 1.807) is 0 Å². The molecule has 0 aliphatic rings. The van der Waals surface area contributed by atoms with Gasteiger partial charge < -0.3 is 30.6 Å². The summed E-state index contributed by atoms with van der Waals surface area (Å²) in [6, 6.07) is 11.9. The molecule has 3 N–H and O–H groups in total. The lowest BCUT2D eigenvalue weighted by molar-refractivity contribution is 0.0601. The Balaban J connectivity index is 1.75. The van der Waals surface area contributed by atoms with Crippen molar-refractivity contribution in [2.24, 2.45) is 0 Å². The zero-order chi connectivity index (χ0) is 27.6. The number of carbonyl (C=O) groups is 1. The topological polar surface area (TPSA) is 105 Å². The lowest BCUT2D eigenvalue weighted by atomic mass is 10.1. The highest BCUT2D eigenvalue weighted by molar-refractivity contribution is 6.03. The van der Waals surface area contributed by atoms with E-state index in [9.17, 15) is 4.79 Å². The molecule has 0 spiro atoms. The number of aromatic nitrogens is 3. The summed E-state index contributed by atoms with van der Waals surface area (Å²) in [7, 11) is 11.4. The molecular formula is C28H36N8O2. The van der Waals surface area contributed by atoms with Crippen molar-refractivity contribution in [2.45, 2.75) is 6.92 Å². The number of anilines is 4. The molecule has 0 radical (unpaired) electrons. The van der Waals surface area contributed by atoms with Gasteiger partial charge in [-0.3, -0.25) is 4.68 Å². The van der Waals surface area contributed by atoms with Crippen LogP contribution in [0.4, 0.5) is 23.0 Å².